The molecule has 2 fully saturated rings. The van der Waals surface area contributed by atoms with Crippen molar-refractivity contribution in [3.8, 4) is 0 Å². The molecule has 4 atom stereocenters. The van der Waals surface area contributed by atoms with E-state index in [0.29, 0.717) is 11.8 Å². The van der Waals surface area contributed by atoms with Gasteiger partial charge in [0.25, 0.3) is 0 Å². The summed E-state index contributed by atoms with van der Waals surface area (Å²) in [4.78, 5) is 24.1. The number of carbonyl (C=O) groups is 2. The maximum atomic E-state index is 12.1. The minimum atomic E-state index is -0.646. The molecule has 0 heterocycles. The standard InChI is InChI=1S/C21H30N2O2/c1-13-17-12-18(20(13,4)5)19(11-16-9-7-6-8-10-16)21(17,22-14(2)24)23-15(3)25/h6-10,13,17-19H,11-12H2,1-5H3,(H,22,24)(H,23,25). The van der Waals surface area contributed by atoms with Crippen LogP contribution in [-0.2, 0) is 16.0 Å². The Morgan fingerprint density at radius 3 is 2.12 bits per heavy atom. The SMILES string of the molecule is CC(=O)NC1(NC(C)=O)C2CC(C1Cc1ccccc1)C(C)(C)C2C. The summed E-state index contributed by atoms with van der Waals surface area (Å²) in [6.07, 6.45) is 1.91. The largest absolute Gasteiger partial charge is 0.333 e. The highest BCUT2D eigenvalue weighted by Gasteiger charge is 2.67. The van der Waals surface area contributed by atoms with Gasteiger partial charge in [-0.05, 0) is 35.7 Å². The van der Waals surface area contributed by atoms with Gasteiger partial charge in [-0.15, -0.1) is 0 Å². The van der Waals surface area contributed by atoms with Crippen molar-refractivity contribution >= 4 is 11.8 Å². The highest BCUT2D eigenvalue weighted by molar-refractivity contribution is 5.78. The van der Waals surface area contributed by atoms with E-state index in [4.69, 9.17) is 0 Å². The number of amides is 2. The first-order chi connectivity index (χ1) is 11.7. The monoisotopic (exact) mass is 342 g/mol. The summed E-state index contributed by atoms with van der Waals surface area (Å²) in [6, 6.07) is 10.4. The Morgan fingerprint density at radius 2 is 1.60 bits per heavy atom. The minimum Gasteiger partial charge on any atom is -0.333 e. The van der Waals surface area contributed by atoms with Gasteiger partial charge in [-0.25, -0.2) is 0 Å². The van der Waals surface area contributed by atoms with Crippen molar-refractivity contribution < 1.29 is 9.59 Å². The molecule has 0 spiro atoms. The van der Waals surface area contributed by atoms with Gasteiger partial charge in [0.15, 0.2) is 0 Å². The summed E-state index contributed by atoms with van der Waals surface area (Å²) in [7, 11) is 0. The summed E-state index contributed by atoms with van der Waals surface area (Å²) in [5, 5.41) is 6.37. The molecule has 0 radical (unpaired) electrons. The molecule has 2 bridgehead atoms. The molecule has 0 aromatic heterocycles. The van der Waals surface area contributed by atoms with E-state index in [-0.39, 0.29) is 29.1 Å². The van der Waals surface area contributed by atoms with Gasteiger partial charge >= 0.3 is 0 Å². The van der Waals surface area contributed by atoms with Gasteiger partial charge < -0.3 is 10.6 Å². The van der Waals surface area contributed by atoms with E-state index in [9.17, 15) is 9.59 Å². The zero-order valence-corrected chi connectivity index (χ0v) is 15.9. The Morgan fingerprint density at radius 1 is 1.04 bits per heavy atom. The molecule has 4 unspecified atom stereocenters. The summed E-state index contributed by atoms with van der Waals surface area (Å²) in [5.74, 6) is 1.19. The zero-order valence-electron chi connectivity index (χ0n) is 15.9. The highest BCUT2D eigenvalue weighted by Crippen LogP contribution is 2.65. The third kappa shape index (κ3) is 2.86. The normalized spacial score (nSPS) is 31.6. The van der Waals surface area contributed by atoms with Crippen LogP contribution >= 0.6 is 0 Å². The van der Waals surface area contributed by atoms with Crippen LogP contribution in [0.3, 0.4) is 0 Å². The van der Waals surface area contributed by atoms with Crippen LogP contribution in [0.4, 0.5) is 0 Å². The number of carbonyl (C=O) groups excluding carboxylic acids is 2. The second-order valence-corrected chi connectivity index (χ2v) is 8.59. The molecule has 0 saturated heterocycles. The van der Waals surface area contributed by atoms with Gasteiger partial charge in [0.05, 0.1) is 0 Å². The van der Waals surface area contributed by atoms with Crippen LogP contribution in [0.2, 0.25) is 0 Å². The molecule has 2 aliphatic carbocycles. The maximum absolute atomic E-state index is 12.1. The fraction of sp³-hybridized carbons (Fsp3) is 0.619. The molecule has 2 saturated carbocycles. The lowest BCUT2D eigenvalue weighted by molar-refractivity contribution is -0.131. The first kappa shape index (κ1) is 18.0. The van der Waals surface area contributed by atoms with Gasteiger partial charge in [-0.3, -0.25) is 9.59 Å². The fourth-order valence-corrected chi connectivity index (χ4v) is 5.65. The van der Waals surface area contributed by atoms with Crippen LogP contribution in [0.1, 0.15) is 46.6 Å². The number of benzene rings is 1. The predicted octanol–water partition coefficient (Wildman–Crippen LogP) is 3.13. The van der Waals surface area contributed by atoms with Crippen LogP contribution in [0.5, 0.6) is 0 Å². The number of nitrogens with one attached hydrogen (secondary N) is 2. The lowest BCUT2D eigenvalue weighted by Crippen LogP contribution is -2.70. The number of fused-ring (bicyclic) bond motifs is 2. The summed E-state index contributed by atoms with van der Waals surface area (Å²) in [5.41, 5.74) is 0.807. The first-order valence-electron chi connectivity index (χ1n) is 9.30. The fourth-order valence-electron chi connectivity index (χ4n) is 5.65. The smallest absolute Gasteiger partial charge is 0.218 e. The highest BCUT2D eigenvalue weighted by atomic mass is 16.2. The van der Waals surface area contributed by atoms with Gasteiger partial charge in [0, 0.05) is 25.7 Å². The van der Waals surface area contributed by atoms with Crippen molar-refractivity contribution in [2.24, 2.45) is 29.1 Å². The Labute approximate surface area is 150 Å². The lowest BCUT2D eigenvalue weighted by Gasteiger charge is -2.53. The van der Waals surface area contributed by atoms with E-state index in [1.165, 1.54) is 5.56 Å². The predicted molar refractivity (Wildman–Crippen MR) is 98.5 cm³/mol. The third-order valence-corrected chi connectivity index (χ3v) is 6.96. The van der Waals surface area contributed by atoms with Crippen molar-refractivity contribution in [1.29, 1.82) is 0 Å². The molecule has 1 aromatic rings. The lowest BCUT2D eigenvalue weighted by atomic mass is 9.60. The Balaban J connectivity index is 2.05. The van der Waals surface area contributed by atoms with Crippen molar-refractivity contribution in [3.05, 3.63) is 35.9 Å². The Kier molecular flexibility index (Phi) is 4.42. The average Bonchev–Trinajstić information content (AvgIpc) is 2.92. The van der Waals surface area contributed by atoms with Crippen LogP contribution < -0.4 is 10.6 Å². The van der Waals surface area contributed by atoms with Gasteiger partial charge in [0.1, 0.15) is 5.66 Å². The molecule has 2 amide bonds. The van der Waals surface area contributed by atoms with Gasteiger partial charge in [-0.1, -0.05) is 51.1 Å². The van der Waals surface area contributed by atoms with E-state index in [1.54, 1.807) is 13.8 Å². The van der Waals surface area contributed by atoms with E-state index in [1.807, 2.05) is 6.07 Å². The quantitative estimate of drug-likeness (QED) is 0.826. The summed E-state index contributed by atoms with van der Waals surface area (Å²) < 4.78 is 0. The molecule has 136 valence electrons. The van der Waals surface area contributed by atoms with Crippen LogP contribution in [0.25, 0.3) is 0 Å². The van der Waals surface area contributed by atoms with Gasteiger partial charge in [0.2, 0.25) is 11.8 Å². The second kappa shape index (κ2) is 6.15. The molecule has 3 rings (SSSR count). The maximum Gasteiger partial charge on any atom is 0.218 e. The molecular formula is C21H30N2O2. The Bertz CT molecular complexity index is 652. The molecule has 0 aliphatic heterocycles. The van der Waals surface area contributed by atoms with E-state index in [2.05, 4.69) is 55.7 Å². The first-order valence-corrected chi connectivity index (χ1v) is 9.30. The molecule has 1 aromatic carbocycles. The molecular weight excluding hydrogens is 312 g/mol. The molecule has 4 nitrogen and oxygen atoms in total. The van der Waals surface area contributed by atoms with Crippen LogP contribution in [0.15, 0.2) is 30.3 Å². The average molecular weight is 342 g/mol. The van der Waals surface area contributed by atoms with Gasteiger partial charge in [-0.2, -0.15) is 0 Å². The summed E-state index contributed by atoms with van der Waals surface area (Å²) >= 11 is 0. The molecule has 25 heavy (non-hydrogen) atoms. The van der Waals surface area contributed by atoms with Crippen LogP contribution in [-0.4, -0.2) is 17.5 Å². The van der Waals surface area contributed by atoms with Crippen molar-refractivity contribution in [1.82, 2.24) is 10.6 Å². The minimum absolute atomic E-state index is 0.0793. The van der Waals surface area contributed by atoms with E-state index in [0.717, 1.165) is 12.8 Å². The topological polar surface area (TPSA) is 58.2 Å². The Hall–Kier alpha value is -1.84. The zero-order chi connectivity index (χ0) is 18.4. The van der Waals surface area contributed by atoms with Crippen molar-refractivity contribution in [2.45, 2.75) is 53.1 Å². The number of hydrogen-bond donors (Lipinski definition) is 2. The van der Waals surface area contributed by atoms with Crippen LogP contribution in [0, 0.1) is 29.1 Å². The third-order valence-electron chi connectivity index (χ3n) is 6.96. The van der Waals surface area contributed by atoms with Crippen molar-refractivity contribution in [2.75, 3.05) is 0 Å². The summed E-state index contributed by atoms with van der Waals surface area (Å²) in [6.45, 7) is 10.0. The second-order valence-electron chi connectivity index (χ2n) is 8.59. The van der Waals surface area contributed by atoms with E-state index < -0.39 is 5.66 Å². The number of rotatable bonds is 4. The van der Waals surface area contributed by atoms with E-state index >= 15 is 0 Å². The van der Waals surface area contributed by atoms with Crippen molar-refractivity contribution in [3.63, 3.8) is 0 Å². The molecule has 2 aliphatic rings. The molecule has 4 heteroatoms. The number of hydrogen-bond acceptors (Lipinski definition) is 2. The molecule has 2 N–H and O–H groups in total.